The summed E-state index contributed by atoms with van der Waals surface area (Å²) in [6.07, 6.45) is 0.169. The molecule has 6 heteroatoms. The number of H-pyrrole nitrogens is 1. The van der Waals surface area contributed by atoms with Crippen molar-refractivity contribution in [1.82, 2.24) is 14.5 Å². The number of aromatic nitrogens is 2. The Bertz CT molecular complexity index is 1080. The van der Waals surface area contributed by atoms with E-state index in [1.54, 1.807) is 36.2 Å². The molecule has 0 saturated carbocycles. The van der Waals surface area contributed by atoms with Gasteiger partial charge in [-0.3, -0.25) is 19.1 Å². The quantitative estimate of drug-likeness (QED) is 0.755. The number of fused-ring (bicyclic) bond motifs is 1. The first-order valence-corrected chi connectivity index (χ1v) is 8.92. The second-order valence-electron chi connectivity index (χ2n) is 6.77. The monoisotopic (exact) mass is 365 g/mol. The third-order valence-electron chi connectivity index (χ3n) is 4.99. The maximum Gasteiger partial charge on any atom is 0.328 e. The number of benzene rings is 2. The molecule has 6 nitrogen and oxygen atoms in total. The van der Waals surface area contributed by atoms with Gasteiger partial charge in [0.1, 0.15) is 0 Å². The smallest absolute Gasteiger partial charge is 0.328 e. The topological polar surface area (TPSA) is 75.2 Å². The summed E-state index contributed by atoms with van der Waals surface area (Å²) in [6.45, 7) is 4.21. The maximum absolute atomic E-state index is 12.7. The predicted octanol–water partition coefficient (Wildman–Crippen LogP) is 2.61. The number of carbonyl (C=O) groups excluding carboxylic acids is 1. The molecule has 3 aromatic rings. The molecule has 1 heterocycles. The average Bonchev–Trinajstić information content (AvgIpc) is 2.67. The van der Waals surface area contributed by atoms with Crippen LogP contribution >= 0.6 is 0 Å². The summed E-state index contributed by atoms with van der Waals surface area (Å²) in [5.74, 6) is -0.0646. The van der Waals surface area contributed by atoms with Crippen LogP contribution in [-0.2, 0) is 11.3 Å². The van der Waals surface area contributed by atoms with Gasteiger partial charge in [0.15, 0.2) is 0 Å². The van der Waals surface area contributed by atoms with E-state index in [1.807, 2.05) is 38.1 Å². The number of para-hydroxylation sites is 1. The summed E-state index contributed by atoms with van der Waals surface area (Å²) < 4.78 is 1.44. The fourth-order valence-electron chi connectivity index (χ4n) is 3.13. The zero-order valence-corrected chi connectivity index (χ0v) is 15.7. The molecule has 140 valence electrons. The predicted molar refractivity (Wildman–Crippen MR) is 106 cm³/mol. The molecule has 1 amide bonds. The van der Waals surface area contributed by atoms with Crippen LogP contribution in [0, 0.1) is 6.92 Å². The van der Waals surface area contributed by atoms with E-state index in [2.05, 4.69) is 4.98 Å². The maximum atomic E-state index is 12.7. The first-order valence-electron chi connectivity index (χ1n) is 8.92. The Morgan fingerprint density at radius 2 is 1.78 bits per heavy atom. The number of amides is 1. The van der Waals surface area contributed by atoms with Crippen molar-refractivity contribution in [2.75, 3.05) is 7.05 Å². The number of aryl methyl sites for hydroxylation is 2. The van der Waals surface area contributed by atoms with E-state index in [4.69, 9.17) is 0 Å². The number of nitrogens with one attached hydrogen (secondary N) is 1. The standard InChI is InChI=1S/C21H23N3O3/c1-14-8-10-16(11-9-14)15(2)23(3)19(25)12-13-24-18-7-5-4-6-17(18)20(26)22-21(24)27/h4-11,15H,12-13H2,1-3H3,(H,22,26,27). The fourth-order valence-corrected chi connectivity index (χ4v) is 3.13. The summed E-state index contributed by atoms with van der Waals surface area (Å²) in [4.78, 5) is 40.8. The summed E-state index contributed by atoms with van der Waals surface area (Å²) in [6, 6.07) is 14.9. The van der Waals surface area contributed by atoms with Crippen LogP contribution in [0.2, 0.25) is 0 Å². The third-order valence-corrected chi connectivity index (χ3v) is 4.99. The molecule has 0 aliphatic heterocycles. The Balaban J connectivity index is 1.78. The fraction of sp³-hybridized carbons (Fsp3) is 0.286. The Labute approximate surface area is 157 Å². The number of hydrogen-bond acceptors (Lipinski definition) is 3. The highest BCUT2D eigenvalue weighted by Crippen LogP contribution is 2.20. The molecule has 0 fully saturated rings. The lowest BCUT2D eigenvalue weighted by Crippen LogP contribution is -2.34. The molecule has 0 bridgehead atoms. The van der Waals surface area contributed by atoms with E-state index in [0.29, 0.717) is 10.9 Å². The van der Waals surface area contributed by atoms with Gasteiger partial charge >= 0.3 is 5.69 Å². The molecule has 0 aliphatic rings. The number of rotatable bonds is 5. The van der Waals surface area contributed by atoms with Crippen molar-refractivity contribution in [3.8, 4) is 0 Å². The minimum atomic E-state index is -0.499. The van der Waals surface area contributed by atoms with Crippen LogP contribution in [0.25, 0.3) is 10.9 Å². The third kappa shape index (κ3) is 3.84. The zero-order valence-electron chi connectivity index (χ0n) is 15.7. The number of carbonyl (C=O) groups is 1. The van der Waals surface area contributed by atoms with E-state index in [1.165, 1.54) is 10.1 Å². The van der Waals surface area contributed by atoms with Gasteiger partial charge < -0.3 is 4.90 Å². The van der Waals surface area contributed by atoms with Crippen molar-refractivity contribution in [2.45, 2.75) is 32.9 Å². The Hall–Kier alpha value is -3.15. The molecule has 1 unspecified atom stereocenters. The normalized spacial score (nSPS) is 12.1. The highest BCUT2D eigenvalue weighted by molar-refractivity contribution is 5.79. The van der Waals surface area contributed by atoms with Crippen LogP contribution in [0.5, 0.6) is 0 Å². The van der Waals surface area contributed by atoms with Crippen molar-refractivity contribution in [1.29, 1.82) is 0 Å². The minimum Gasteiger partial charge on any atom is -0.339 e. The van der Waals surface area contributed by atoms with Gasteiger partial charge in [0.05, 0.1) is 16.9 Å². The molecule has 0 aliphatic carbocycles. The van der Waals surface area contributed by atoms with Crippen LogP contribution in [-0.4, -0.2) is 27.4 Å². The van der Waals surface area contributed by atoms with Gasteiger partial charge in [-0.05, 0) is 31.5 Å². The van der Waals surface area contributed by atoms with Crippen molar-refractivity contribution in [3.63, 3.8) is 0 Å². The van der Waals surface area contributed by atoms with Crippen LogP contribution in [0.1, 0.15) is 30.5 Å². The lowest BCUT2D eigenvalue weighted by atomic mass is 10.1. The molecular weight excluding hydrogens is 342 g/mol. The number of nitrogens with zero attached hydrogens (tertiary/aromatic N) is 2. The first-order chi connectivity index (χ1) is 12.9. The molecule has 1 N–H and O–H groups in total. The molecule has 1 atom stereocenters. The lowest BCUT2D eigenvalue weighted by Gasteiger charge is -2.25. The second-order valence-corrected chi connectivity index (χ2v) is 6.77. The van der Waals surface area contributed by atoms with Gasteiger partial charge in [-0.25, -0.2) is 4.79 Å². The molecular formula is C21H23N3O3. The highest BCUT2D eigenvalue weighted by Gasteiger charge is 2.18. The molecule has 0 radical (unpaired) electrons. The summed E-state index contributed by atoms with van der Waals surface area (Å²) in [5.41, 5.74) is 1.85. The molecule has 0 spiro atoms. The number of aromatic amines is 1. The Kier molecular flexibility index (Phi) is 5.26. The molecule has 2 aromatic carbocycles. The largest absolute Gasteiger partial charge is 0.339 e. The van der Waals surface area contributed by atoms with Gasteiger partial charge in [0.25, 0.3) is 5.56 Å². The molecule has 3 rings (SSSR count). The van der Waals surface area contributed by atoms with E-state index in [9.17, 15) is 14.4 Å². The SMILES string of the molecule is Cc1ccc(C(C)N(C)C(=O)CCn2c(=O)[nH]c(=O)c3ccccc32)cc1. The average molecular weight is 365 g/mol. The van der Waals surface area contributed by atoms with Crippen LogP contribution in [0.4, 0.5) is 0 Å². The van der Waals surface area contributed by atoms with Crippen LogP contribution in [0.15, 0.2) is 58.1 Å². The number of hydrogen-bond donors (Lipinski definition) is 1. The van der Waals surface area contributed by atoms with Gasteiger partial charge in [0, 0.05) is 20.0 Å². The van der Waals surface area contributed by atoms with Crippen LogP contribution in [0.3, 0.4) is 0 Å². The highest BCUT2D eigenvalue weighted by atomic mass is 16.2. The van der Waals surface area contributed by atoms with Crippen molar-refractivity contribution in [2.24, 2.45) is 0 Å². The van der Waals surface area contributed by atoms with Gasteiger partial charge in [-0.15, -0.1) is 0 Å². The molecule has 0 saturated heterocycles. The Morgan fingerprint density at radius 1 is 1.11 bits per heavy atom. The lowest BCUT2D eigenvalue weighted by molar-refractivity contribution is -0.132. The van der Waals surface area contributed by atoms with E-state index >= 15 is 0 Å². The van der Waals surface area contributed by atoms with Gasteiger partial charge in [-0.1, -0.05) is 42.0 Å². The van der Waals surface area contributed by atoms with Crippen molar-refractivity contribution < 1.29 is 4.79 Å². The minimum absolute atomic E-state index is 0.0646. The molecule has 27 heavy (non-hydrogen) atoms. The van der Waals surface area contributed by atoms with E-state index < -0.39 is 11.2 Å². The van der Waals surface area contributed by atoms with E-state index in [-0.39, 0.29) is 24.9 Å². The summed E-state index contributed by atoms with van der Waals surface area (Å²) in [7, 11) is 1.76. The van der Waals surface area contributed by atoms with Gasteiger partial charge in [0.2, 0.25) is 5.91 Å². The van der Waals surface area contributed by atoms with Gasteiger partial charge in [-0.2, -0.15) is 0 Å². The van der Waals surface area contributed by atoms with Crippen molar-refractivity contribution >= 4 is 16.8 Å². The molecule has 1 aromatic heterocycles. The van der Waals surface area contributed by atoms with Crippen LogP contribution < -0.4 is 11.2 Å². The summed E-state index contributed by atoms with van der Waals surface area (Å²) in [5, 5.41) is 0.436. The van der Waals surface area contributed by atoms with Crippen molar-refractivity contribution in [3.05, 3.63) is 80.5 Å². The van der Waals surface area contributed by atoms with E-state index in [0.717, 1.165) is 5.56 Å². The second kappa shape index (κ2) is 7.61. The zero-order chi connectivity index (χ0) is 19.6. The first kappa shape index (κ1) is 18.6. The Morgan fingerprint density at radius 3 is 2.48 bits per heavy atom. The summed E-state index contributed by atoms with van der Waals surface area (Å²) >= 11 is 0.